The zero-order chi connectivity index (χ0) is 19.6. The van der Waals surface area contributed by atoms with Crippen LogP contribution >= 0.6 is 0 Å². The number of rotatable bonds is 5. The minimum atomic E-state index is -0.776. The number of nitrogens with two attached hydrogens (primary N) is 1. The second kappa shape index (κ2) is 7.80. The molecule has 0 saturated carbocycles. The number of carboxylic acids is 1. The molecule has 142 valence electrons. The van der Waals surface area contributed by atoms with Gasteiger partial charge < -0.3 is 15.7 Å². The molecule has 0 bridgehead atoms. The van der Waals surface area contributed by atoms with Gasteiger partial charge in [0, 0.05) is 36.4 Å². The molecule has 27 heavy (non-hydrogen) atoms. The second-order valence-corrected chi connectivity index (χ2v) is 7.21. The Kier molecular flexibility index (Phi) is 5.46. The van der Waals surface area contributed by atoms with Crippen molar-refractivity contribution in [1.29, 1.82) is 5.41 Å². The van der Waals surface area contributed by atoms with Gasteiger partial charge >= 0.3 is 5.97 Å². The van der Waals surface area contributed by atoms with E-state index in [4.69, 9.17) is 16.2 Å². The standard InChI is InChI=1S/C21H26N4O2/c1-14-11-24(12-15(2)25(14)13-20(26)27)19-9-7-17(8-10-19)16-3-5-18(6-4-16)21(22)23/h3-10,14-15H,11-13H2,1-2H3,(H3,22,23)(H,26,27). The third-order valence-electron chi connectivity index (χ3n) is 5.18. The molecule has 0 aliphatic carbocycles. The van der Waals surface area contributed by atoms with E-state index in [1.54, 1.807) is 0 Å². The highest BCUT2D eigenvalue weighted by Crippen LogP contribution is 2.26. The first-order chi connectivity index (χ1) is 12.8. The van der Waals surface area contributed by atoms with E-state index < -0.39 is 5.97 Å². The number of carboxylic acid groups (broad SMARTS) is 1. The summed E-state index contributed by atoms with van der Waals surface area (Å²) < 4.78 is 0. The molecule has 0 amide bonds. The molecule has 6 nitrogen and oxygen atoms in total. The molecular formula is C21H26N4O2. The smallest absolute Gasteiger partial charge is 0.317 e. The number of nitrogen functional groups attached to an aromatic ring is 1. The molecule has 2 unspecified atom stereocenters. The summed E-state index contributed by atoms with van der Waals surface area (Å²) in [5.41, 5.74) is 9.57. The summed E-state index contributed by atoms with van der Waals surface area (Å²) in [5.74, 6) is -0.704. The lowest BCUT2D eigenvalue weighted by atomic mass is 10.0. The quantitative estimate of drug-likeness (QED) is 0.559. The number of benzene rings is 2. The molecule has 1 heterocycles. The van der Waals surface area contributed by atoms with Crippen molar-refractivity contribution in [2.24, 2.45) is 5.73 Å². The molecule has 0 spiro atoms. The first-order valence-corrected chi connectivity index (χ1v) is 9.12. The number of nitrogens with zero attached hydrogens (tertiary/aromatic N) is 2. The van der Waals surface area contributed by atoms with Crippen LogP contribution in [-0.2, 0) is 4.79 Å². The molecule has 1 saturated heterocycles. The minimum Gasteiger partial charge on any atom is -0.480 e. The van der Waals surface area contributed by atoms with E-state index in [1.165, 1.54) is 0 Å². The van der Waals surface area contributed by atoms with E-state index in [1.807, 2.05) is 29.2 Å². The highest BCUT2D eigenvalue weighted by atomic mass is 16.4. The van der Waals surface area contributed by atoms with E-state index in [-0.39, 0.29) is 24.5 Å². The molecule has 0 aromatic heterocycles. The lowest BCUT2D eigenvalue weighted by Gasteiger charge is -2.44. The van der Waals surface area contributed by atoms with Crippen molar-refractivity contribution < 1.29 is 9.90 Å². The number of aliphatic carboxylic acids is 1. The van der Waals surface area contributed by atoms with Gasteiger partial charge in [0.2, 0.25) is 0 Å². The van der Waals surface area contributed by atoms with Gasteiger partial charge in [0.05, 0.1) is 6.54 Å². The average molecular weight is 366 g/mol. The molecule has 1 aliphatic heterocycles. The van der Waals surface area contributed by atoms with Crippen LogP contribution in [0.25, 0.3) is 11.1 Å². The number of nitrogens with one attached hydrogen (secondary N) is 1. The summed E-state index contributed by atoms with van der Waals surface area (Å²) in [7, 11) is 0. The van der Waals surface area contributed by atoms with Crippen LogP contribution in [0.15, 0.2) is 48.5 Å². The first kappa shape index (κ1) is 18.9. The Morgan fingerprint density at radius 1 is 1.04 bits per heavy atom. The number of piperazine rings is 1. The predicted octanol–water partition coefficient (Wildman–Crippen LogP) is 2.62. The van der Waals surface area contributed by atoms with Crippen molar-refractivity contribution in [3.05, 3.63) is 54.1 Å². The van der Waals surface area contributed by atoms with Crippen LogP contribution in [0.1, 0.15) is 19.4 Å². The van der Waals surface area contributed by atoms with Crippen LogP contribution in [-0.4, -0.2) is 53.5 Å². The van der Waals surface area contributed by atoms with E-state index in [2.05, 4.69) is 43.0 Å². The Bertz CT molecular complexity index is 805. The van der Waals surface area contributed by atoms with Gasteiger partial charge in [-0.05, 0) is 37.1 Å². The van der Waals surface area contributed by atoms with Crippen molar-refractivity contribution in [1.82, 2.24) is 4.90 Å². The largest absolute Gasteiger partial charge is 0.480 e. The van der Waals surface area contributed by atoms with Crippen molar-refractivity contribution in [2.75, 3.05) is 24.5 Å². The van der Waals surface area contributed by atoms with Crippen molar-refractivity contribution >= 4 is 17.5 Å². The normalized spacial score (nSPS) is 20.4. The summed E-state index contributed by atoms with van der Waals surface area (Å²) in [5, 5.41) is 16.6. The molecular weight excluding hydrogens is 340 g/mol. The lowest BCUT2D eigenvalue weighted by molar-refractivity contribution is -0.139. The number of carbonyl (C=O) groups is 1. The Balaban J connectivity index is 1.72. The summed E-state index contributed by atoms with van der Waals surface area (Å²) in [4.78, 5) is 15.4. The van der Waals surface area contributed by atoms with Crippen LogP contribution in [0, 0.1) is 5.41 Å². The fourth-order valence-corrected chi connectivity index (χ4v) is 3.74. The van der Waals surface area contributed by atoms with Gasteiger partial charge in [0.25, 0.3) is 0 Å². The summed E-state index contributed by atoms with van der Waals surface area (Å²) in [6.45, 7) is 5.87. The molecule has 2 aromatic carbocycles. The first-order valence-electron chi connectivity index (χ1n) is 9.12. The number of amidine groups is 1. The molecule has 1 fully saturated rings. The summed E-state index contributed by atoms with van der Waals surface area (Å²) >= 11 is 0. The maximum atomic E-state index is 11.1. The second-order valence-electron chi connectivity index (χ2n) is 7.21. The van der Waals surface area contributed by atoms with Crippen molar-refractivity contribution in [3.63, 3.8) is 0 Å². The monoisotopic (exact) mass is 366 g/mol. The van der Waals surface area contributed by atoms with E-state index in [0.717, 1.165) is 35.5 Å². The van der Waals surface area contributed by atoms with Crippen molar-refractivity contribution in [2.45, 2.75) is 25.9 Å². The Morgan fingerprint density at radius 2 is 1.52 bits per heavy atom. The predicted molar refractivity (Wildman–Crippen MR) is 108 cm³/mol. The summed E-state index contributed by atoms with van der Waals surface area (Å²) in [6.07, 6.45) is 0. The molecule has 3 rings (SSSR count). The molecule has 2 atom stereocenters. The highest BCUT2D eigenvalue weighted by Gasteiger charge is 2.30. The maximum absolute atomic E-state index is 11.1. The number of hydrogen-bond acceptors (Lipinski definition) is 4. The molecule has 2 aromatic rings. The number of hydrogen-bond donors (Lipinski definition) is 3. The average Bonchev–Trinajstić information content (AvgIpc) is 2.64. The Labute approximate surface area is 159 Å². The van der Waals surface area contributed by atoms with Gasteiger partial charge in [-0.25, -0.2) is 0 Å². The zero-order valence-corrected chi connectivity index (χ0v) is 15.7. The van der Waals surface area contributed by atoms with Gasteiger partial charge in [0.15, 0.2) is 0 Å². The molecule has 0 radical (unpaired) electrons. The van der Waals surface area contributed by atoms with Crippen LogP contribution in [0.5, 0.6) is 0 Å². The van der Waals surface area contributed by atoms with Crippen LogP contribution in [0.2, 0.25) is 0 Å². The third kappa shape index (κ3) is 4.28. The minimum absolute atomic E-state index is 0.0715. The molecule has 4 N–H and O–H groups in total. The summed E-state index contributed by atoms with van der Waals surface area (Å²) in [6, 6.07) is 16.4. The van der Waals surface area contributed by atoms with Gasteiger partial charge in [-0.15, -0.1) is 0 Å². The van der Waals surface area contributed by atoms with E-state index in [0.29, 0.717) is 0 Å². The fourth-order valence-electron chi connectivity index (χ4n) is 3.74. The SMILES string of the molecule is CC1CN(c2ccc(-c3ccc(C(=N)N)cc3)cc2)CC(C)N1CC(=O)O. The highest BCUT2D eigenvalue weighted by molar-refractivity contribution is 5.95. The fraction of sp³-hybridized carbons (Fsp3) is 0.333. The maximum Gasteiger partial charge on any atom is 0.317 e. The third-order valence-corrected chi connectivity index (χ3v) is 5.18. The van der Waals surface area contributed by atoms with E-state index >= 15 is 0 Å². The topological polar surface area (TPSA) is 93.7 Å². The zero-order valence-electron chi connectivity index (χ0n) is 15.7. The lowest BCUT2D eigenvalue weighted by Crippen LogP contribution is -2.58. The van der Waals surface area contributed by atoms with Gasteiger partial charge in [-0.2, -0.15) is 0 Å². The van der Waals surface area contributed by atoms with Crippen molar-refractivity contribution in [3.8, 4) is 11.1 Å². The van der Waals surface area contributed by atoms with Gasteiger partial charge in [-0.1, -0.05) is 36.4 Å². The molecule has 1 aliphatic rings. The Hall–Kier alpha value is -2.86. The number of anilines is 1. The van der Waals surface area contributed by atoms with Gasteiger partial charge in [-0.3, -0.25) is 15.1 Å². The van der Waals surface area contributed by atoms with Crippen LogP contribution in [0.4, 0.5) is 5.69 Å². The van der Waals surface area contributed by atoms with Gasteiger partial charge in [0.1, 0.15) is 5.84 Å². The van der Waals surface area contributed by atoms with Crippen LogP contribution < -0.4 is 10.6 Å². The molecule has 6 heteroatoms. The Morgan fingerprint density at radius 3 is 1.96 bits per heavy atom. The van der Waals surface area contributed by atoms with E-state index in [9.17, 15) is 4.79 Å². The van der Waals surface area contributed by atoms with Crippen LogP contribution in [0.3, 0.4) is 0 Å².